The van der Waals surface area contributed by atoms with E-state index in [-0.39, 0.29) is 0 Å². The number of nitrogens with zero attached hydrogens (tertiary/aromatic N) is 2. The molecule has 1 aromatic rings. The Bertz CT molecular complexity index is 346. The summed E-state index contributed by atoms with van der Waals surface area (Å²) >= 11 is 0. The van der Waals surface area contributed by atoms with Crippen LogP contribution in [0.2, 0.25) is 0 Å². The Hall–Kier alpha value is -1.09. The molecule has 2 atom stereocenters. The van der Waals surface area contributed by atoms with Crippen LogP contribution in [0.25, 0.3) is 0 Å². The largest absolute Gasteiger partial charge is 0.371 e. The molecule has 2 aliphatic heterocycles. The van der Waals surface area contributed by atoms with Gasteiger partial charge in [-0.3, -0.25) is 4.98 Å². The van der Waals surface area contributed by atoms with Crippen molar-refractivity contribution in [2.75, 3.05) is 24.5 Å². The number of anilines is 1. The molecular formula is C14H21N3. The molecule has 2 saturated heterocycles. The summed E-state index contributed by atoms with van der Waals surface area (Å²) in [6, 6.07) is 5.02. The Balaban J connectivity index is 1.67. The molecule has 2 fully saturated rings. The molecule has 0 aliphatic carbocycles. The van der Waals surface area contributed by atoms with Gasteiger partial charge in [0.2, 0.25) is 0 Å². The molecule has 0 amide bonds. The average Bonchev–Trinajstić information content (AvgIpc) is 2.94. The summed E-state index contributed by atoms with van der Waals surface area (Å²) in [6.45, 7) is 3.63. The summed E-state index contributed by atoms with van der Waals surface area (Å²) in [6.07, 6.45) is 9.23. The van der Waals surface area contributed by atoms with Gasteiger partial charge in [0.05, 0.1) is 0 Å². The molecule has 0 aromatic carbocycles. The Labute approximate surface area is 103 Å². The zero-order valence-electron chi connectivity index (χ0n) is 10.3. The van der Waals surface area contributed by atoms with E-state index in [2.05, 4.69) is 27.3 Å². The van der Waals surface area contributed by atoms with Gasteiger partial charge in [0.25, 0.3) is 0 Å². The number of nitrogens with one attached hydrogen (secondary N) is 1. The monoisotopic (exact) mass is 231 g/mol. The number of aromatic nitrogens is 1. The van der Waals surface area contributed by atoms with E-state index in [0.717, 1.165) is 12.0 Å². The van der Waals surface area contributed by atoms with E-state index in [1.807, 2.05) is 12.4 Å². The van der Waals surface area contributed by atoms with Gasteiger partial charge in [-0.1, -0.05) is 0 Å². The van der Waals surface area contributed by atoms with Gasteiger partial charge in [0.1, 0.15) is 0 Å². The highest BCUT2D eigenvalue weighted by Gasteiger charge is 2.28. The van der Waals surface area contributed by atoms with Gasteiger partial charge in [0.15, 0.2) is 0 Å². The molecule has 3 rings (SSSR count). The summed E-state index contributed by atoms with van der Waals surface area (Å²) in [5.74, 6) is 0.833. The number of hydrogen-bond acceptors (Lipinski definition) is 3. The van der Waals surface area contributed by atoms with Gasteiger partial charge in [-0.2, -0.15) is 0 Å². The zero-order chi connectivity index (χ0) is 11.5. The Kier molecular flexibility index (Phi) is 3.27. The van der Waals surface area contributed by atoms with E-state index in [1.54, 1.807) is 0 Å². The van der Waals surface area contributed by atoms with Crippen molar-refractivity contribution in [3.8, 4) is 0 Å². The quantitative estimate of drug-likeness (QED) is 0.844. The van der Waals surface area contributed by atoms with Crippen LogP contribution < -0.4 is 10.2 Å². The zero-order valence-corrected chi connectivity index (χ0v) is 10.3. The molecular weight excluding hydrogens is 210 g/mol. The van der Waals surface area contributed by atoms with Crippen molar-refractivity contribution < 1.29 is 0 Å². The predicted molar refractivity (Wildman–Crippen MR) is 70.2 cm³/mol. The van der Waals surface area contributed by atoms with Gasteiger partial charge >= 0.3 is 0 Å². The second-order valence-corrected chi connectivity index (χ2v) is 5.26. The minimum Gasteiger partial charge on any atom is -0.371 e. The average molecular weight is 231 g/mol. The predicted octanol–water partition coefficient (Wildman–Crippen LogP) is 2.05. The van der Waals surface area contributed by atoms with Crippen molar-refractivity contribution in [2.45, 2.75) is 31.7 Å². The maximum absolute atomic E-state index is 4.10. The normalized spacial score (nSPS) is 29.5. The Morgan fingerprint density at radius 1 is 1.18 bits per heavy atom. The molecule has 0 bridgehead atoms. The molecule has 1 N–H and O–H groups in total. The molecule has 92 valence electrons. The van der Waals surface area contributed by atoms with Crippen molar-refractivity contribution in [1.82, 2.24) is 10.3 Å². The lowest BCUT2D eigenvalue weighted by Crippen LogP contribution is -2.43. The SMILES string of the molecule is c1cc(N2CCCC(C3CCCN3)C2)ccn1. The summed E-state index contributed by atoms with van der Waals surface area (Å²) < 4.78 is 0. The molecule has 17 heavy (non-hydrogen) atoms. The first-order chi connectivity index (χ1) is 8.43. The van der Waals surface area contributed by atoms with E-state index in [4.69, 9.17) is 0 Å². The lowest BCUT2D eigenvalue weighted by Gasteiger charge is -2.37. The lowest BCUT2D eigenvalue weighted by molar-refractivity contribution is 0.329. The van der Waals surface area contributed by atoms with E-state index in [1.165, 1.54) is 51.0 Å². The minimum atomic E-state index is 0.764. The van der Waals surface area contributed by atoms with Crippen molar-refractivity contribution in [1.29, 1.82) is 0 Å². The van der Waals surface area contributed by atoms with E-state index in [9.17, 15) is 0 Å². The van der Waals surface area contributed by atoms with Crippen molar-refractivity contribution in [3.63, 3.8) is 0 Å². The smallest absolute Gasteiger partial charge is 0.0397 e. The van der Waals surface area contributed by atoms with E-state index >= 15 is 0 Å². The topological polar surface area (TPSA) is 28.2 Å². The molecule has 0 radical (unpaired) electrons. The molecule has 3 nitrogen and oxygen atoms in total. The number of piperidine rings is 1. The van der Waals surface area contributed by atoms with Crippen LogP contribution in [0.5, 0.6) is 0 Å². The van der Waals surface area contributed by atoms with Crippen LogP contribution in [0.4, 0.5) is 5.69 Å². The molecule has 2 aliphatic rings. The summed E-state index contributed by atoms with van der Waals surface area (Å²) in [7, 11) is 0. The summed E-state index contributed by atoms with van der Waals surface area (Å²) in [4.78, 5) is 6.62. The van der Waals surface area contributed by atoms with Crippen molar-refractivity contribution >= 4 is 5.69 Å². The van der Waals surface area contributed by atoms with Gasteiger partial charge < -0.3 is 10.2 Å². The summed E-state index contributed by atoms with van der Waals surface area (Å²) in [5, 5.41) is 3.66. The molecule has 2 unspecified atom stereocenters. The number of hydrogen-bond donors (Lipinski definition) is 1. The first-order valence-electron chi connectivity index (χ1n) is 6.82. The standard InChI is InChI=1S/C14H21N3/c1-4-14(16-7-1)12-3-2-10-17(11-12)13-5-8-15-9-6-13/h5-6,8-9,12,14,16H,1-4,7,10-11H2. The fraction of sp³-hybridized carbons (Fsp3) is 0.643. The lowest BCUT2D eigenvalue weighted by atomic mass is 9.89. The maximum Gasteiger partial charge on any atom is 0.0397 e. The van der Waals surface area contributed by atoms with Gasteiger partial charge in [-0.15, -0.1) is 0 Å². The van der Waals surface area contributed by atoms with Crippen LogP contribution in [0.15, 0.2) is 24.5 Å². The fourth-order valence-electron chi connectivity index (χ4n) is 3.24. The number of pyridine rings is 1. The number of rotatable bonds is 2. The van der Waals surface area contributed by atoms with Crippen LogP contribution >= 0.6 is 0 Å². The molecule has 3 heterocycles. The fourth-order valence-corrected chi connectivity index (χ4v) is 3.24. The second kappa shape index (κ2) is 5.05. The molecule has 1 aromatic heterocycles. The Morgan fingerprint density at radius 2 is 2.06 bits per heavy atom. The third-order valence-corrected chi connectivity index (χ3v) is 4.15. The van der Waals surface area contributed by atoms with Gasteiger partial charge in [-0.25, -0.2) is 0 Å². The van der Waals surface area contributed by atoms with Crippen molar-refractivity contribution in [2.24, 2.45) is 5.92 Å². The van der Waals surface area contributed by atoms with Crippen LogP contribution in [-0.2, 0) is 0 Å². The van der Waals surface area contributed by atoms with E-state index < -0.39 is 0 Å². The van der Waals surface area contributed by atoms with Crippen molar-refractivity contribution in [3.05, 3.63) is 24.5 Å². The van der Waals surface area contributed by atoms with Crippen LogP contribution in [-0.4, -0.2) is 30.7 Å². The highest BCUT2D eigenvalue weighted by Crippen LogP contribution is 2.27. The third kappa shape index (κ3) is 2.44. The van der Waals surface area contributed by atoms with Crippen LogP contribution in [0, 0.1) is 5.92 Å². The molecule has 0 saturated carbocycles. The first kappa shape index (κ1) is 11.0. The van der Waals surface area contributed by atoms with Crippen LogP contribution in [0.3, 0.4) is 0 Å². The molecule has 3 heteroatoms. The van der Waals surface area contributed by atoms with Crippen LogP contribution in [0.1, 0.15) is 25.7 Å². The highest BCUT2D eigenvalue weighted by molar-refractivity contribution is 5.45. The van der Waals surface area contributed by atoms with Gasteiger partial charge in [0, 0.05) is 37.2 Å². The maximum atomic E-state index is 4.10. The third-order valence-electron chi connectivity index (χ3n) is 4.15. The minimum absolute atomic E-state index is 0.764. The first-order valence-corrected chi connectivity index (χ1v) is 6.82. The van der Waals surface area contributed by atoms with E-state index in [0.29, 0.717) is 0 Å². The van der Waals surface area contributed by atoms with Gasteiger partial charge in [-0.05, 0) is 50.3 Å². The summed E-state index contributed by atoms with van der Waals surface area (Å²) in [5.41, 5.74) is 1.34. The second-order valence-electron chi connectivity index (χ2n) is 5.26. The highest BCUT2D eigenvalue weighted by atomic mass is 15.1. The molecule has 0 spiro atoms. The Morgan fingerprint density at radius 3 is 2.82 bits per heavy atom.